The number of β-amino-alcohol motifs (C(OH)–C–C–N with tert-alkyl or cyclic N) is 2. The molecule has 0 saturated carbocycles. The first-order valence-corrected chi connectivity index (χ1v) is 53.6. The first kappa shape index (κ1) is 118. The number of aliphatic carboxylic acids is 1. The summed E-state index contributed by atoms with van der Waals surface area (Å²) >= 11 is 15.4. The number of anilines is 2. The van der Waals surface area contributed by atoms with Crippen molar-refractivity contribution >= 4 is 129 Å². The number of likely N-dealkylation sites (tertiary alicyclic amines) is 2. The van der Waals surface area contributed by atoms with Crippen LogP contribution >= 0.6 is 58.3 Å². The number of hydrogen-bond acceptors (Lipinski definition) is 29. The quantitative estimate of drug-likeness (QED) is 0.0160. The third-order valence-corrected chi connectivity index (χ3v) is 30.3. The summed E-state index contributed by atoms with van der Waals surface area (Å²) in [6.07, 6.45) is 6.90. The Morgan fingerprint density at radius 3 is 1.32 bits per heavy atom. The summed E-state index contributed by atoms with van der Waals surface area (Å²) in [6.45, 7) is 26.3. The van der Waals surface area contributed by atoms with Crippen LogP contribution in [0.3, 0.4) is 0 Å². The van der Waals surface area contributed by atoms with Crippen LogP contribution in [0, 0.1) is 30.6 Å². The van der Waals surface area contributed by atoms with Crippen LogP contribution in [-0.2, 0) is 80.0 Å². The molecule has 6 aliphatic rings. The second kappa shape index (κ2) is 56.6. The number of carboxylic acid groups (broad SMARTS) is 1. The zero-order chi connectivity index (χ0) is 106. The number of halogens is 3. The Morgan fingerprint density at radius 1 is 0.480 bits per heavy atom. The summed E-state index contributed by atoms with van der Waals surface area (Å²) in [5.74, 6) is -2.04. The molecule has 40 heteroatoms. The number of rotatable bonds is 45. The Labute approximate surface area is 890 Å². The van der Waals surface area contributed by atoms with Crippen LogP contribution in [0.15, 0.2) is 121 Å². The van der Waals surface area contributed by atoms with Crippen LogP contribution in [0.2, 0.25) is 10.0 Å². The molecule has 0 bridgehead atoms. The average molecular weight is 2140 g/mol. The van der Waals surface area contributed by atoms with E-state index in [4.69, 9.17) is 53.0 Å². The lowest BCUT2D eigenvalue weighted by molar-refractivity contribution is -0.146. The highest BCUT2D eigenvalue weighted by Gasteiger charge is 2.48. The van der Waals surface area contributed by atoms with Gasteiger partial charge in [0.05, 0.1) is 113 Å². The van der Waals surface area contributed by atoms with Crippen LogP contribution < -0.4 is 31.5 Å². The number of unbranched alkanes of at least 4 members (excludes halogenated alkanes) is 2. The third kappa shape index (κ3) is 33.0. The minimum absolute atomic E-state index is 0. The number of benzene rings is 4. The number of ketones is 2. The van der Waals surface area contributed by atoms with Gasteiger partial charge in [-0.05, 0) is 139 Å². The number of nitrogens with one attached hydrogen (secondary N) is 3. The predicted molar refractivity (Wildman–Crippen MR) is 569 cm³/mol. The second-order valence-electron chi connectivity index (χ2n) is 41.0. The highest BCUT2D eigenvalue weighted by molar-refractivity contribution is 7.13. The summed E-state index contributed by atoms with van der Waals surface area (Å²) in [6, 6.07) is 27.8. The first-order chi connectivity index (χ1) is 70.3. The number of hydrogen-bond donors (Lipinski definition) is 9. The number of piperazine rings is 2. The molecule has 0 spiro atoms. The van der Waals surface area contributed by atoms with Gasteiger partial charge in [0.1, 0.15) is 61.4 Å². The molecular weight excluding hydrogens is 2000 g/mol. The monoisotopic (exact) mass is 2140 g/mol. The van der Waals surface area contributed by atoms with Gasteiger partial charge in [-0.2, -0.15) is 0 Å². The molecule has 4 aromatic carbocycles. The van der Waals surface area contributed by atoms with Crippen molar-refractivity contribution in [2.24, 2.45) is 22.5 Å². The van der Waals surface area contributed by atoms with Crippen molar-refractivity contribution in [3.05, 3.63) is 187 Å². The molecule has 4 aliphatic heterocycles. The number of aromatic nitrogens is 6. The number of thiazole rings is 2. The zero-order valence-corrected chi connectivity index (χ0v) is 90.3. The fourth-order valence-electron chi connectivity index (χ4n) is 19.7. The molecule has 804 valence electrons. The Bertz CT molecular complexity index is 5710. The van der Waals surface area contributed by atoms with Crippen LogP contribution in [-0.4, -0.2) is 289 Å². The number of aliphatic hydroxyl groups excluding tert-OH is 4. The van der Waals surface area contributed by atoms with E-state index in [0.29, 0.717) is 172 Å². The Kier molecular flexibility index (Phi) is 45.0. The van der Waals surface area contributed by atoms with Gasteiger partial charge in [-0.3, -0.25) is 47.9 Å². The number of nitrogens with two attached hydrogens (primary N) is 1. The lowest BCUT2D eigenvalue weighted by Gasteiger charge is -2.38. The molecule has 35 nitrogen and oxygen atoms in total. The largest absolute Gasteiger partial charge is 0.481 e. The Balaban J connectivity index is 0.000000233. The van der Waals surface area contributed by atoms with Gasteiger partial charge in [-0.15, -0.1) is 35.1 Å². The molecule has 14 rings (SSSR count). The topological polar surface area (TPSA) is 468 Å². The molecule has 4 saturated heterocycles. The second-order valence-corrected chi connectivity index (χ2v) is 43.5. The molecule has 12 atom stereocenters. The van der Waals surface area contributed by atoms with E-state index in [0.717, 1.165) is 83.0 Å². The summed E-state index contributed by atoms with van der Waals surface area (Å²) in [5.41, 5.74) is 18.8. The fraction of sp³-hybridized carbons (Fsp3) is 0.556. The van der Waals surface area contributed by atoms with Crippen molar-refractivity contribution in [2.75, 3.05) is 135 Å². The summed E-state index contributed by atoms with van der Waals surface area (Å²) in [7, 11) is 0. The molecule has 10 N–H and O–H groups in total. The number of carbonyl (C=O) groups is 10. The molecular formula is C108H145Cl3N16O19S2. The van der Waals surface area contributed by atoms with E-state index in [9.17, 15) is 68.4 Å². The van der Waals surface area contributed by atoms with Crippen LogP contribution in [0.1, 0.15) is 244 Å². The number of Topliss-reactive ketones (excluding diaryl/α,β-unsaturated/α-hetero) is 2. The van der Waals surface area contributed by atoms with Crippen LogP contribution in [0.5, 0.6) is 0 Å². The number of carbonyl (C=O) groups excluding carboxylic acids is 9. The number of nitrogens with zero attached hydrogens (tertiary/aromatic N) is 12. The number of fused-ring (bicyclic) bond motifs is 2. The minimum atomic E-state index is -0.987. The van der Waals surface area contributed by atoms with Gasteiger partial charge in [0.15, 0.2) is 5.78 Å². The van der Waals surface area contributed by atoms with Crippen molar-refractivity contribution in [3.8, 4) is 20.9 Å². The van der Waals surface area contributed by atoms with Crippen LogP contribution in [0.25, 0.3) is 20.9 Å². The van der Waals surface area contributed by atoms with Crippen molar-refractivity contribution in [2.45, 2.75) is 245 Å². The number of ether oxygens (including phenoxy) is 4. The van der Waals surface area contributed by atoms with Crippen molar-refractivity contribution < 1.29 is 92.4 Å². The highest BCUT2D eigenvalue weighted by atomic mass is 35.5. The maximum Gasteiger partial charge on any atom is 0.303 e. The van der Waals surface area contributed by atoms with Crippen molar-refractivity contribution in [1.82, 2.24) is 65.5 Å². The first-order valence-electron chi connectivity index (χ1n) is 51.0. The highest BCUT2D eigenvalue weighted by Crippen LogP contribution is 2.46. The zero-order valence-electron chi connectivity index (χ0n) is 86.3. The predicted octanol–water partition coefficient (Wildman–Crippen LogP) is 12.8. The average Bonchev–Trinajstić information content (AvgIpc) is 1.65. The van der Waals surface area contributed by atoms with Gasteiger partial charge in [0.2, 0.25) is 41.4 Å². The smallest absolute Gasteiger partial charge is 0.303 e. The van der Waals surface area contributed by atoms with Crippen LogP contribution in [0.4, 0.5) is 11.6 Å². The number of aryl methyl sites for hydroxylation is 2. The summed E-state index contributed by atoms with van der Waals surface area (Å²) in [5, 5.41) is 60.5. The Hall–Kier alpha value is -10.5. The van der Waals surface area contributed by atoms with E-state index >= 15 is 0 Å². The van der Waals surface area contributed by atoms with Crippen molar-refractivity contribution in [3.63, 3.8) is 0 Å². The SMILES string of the molecule is C[C@@H]1C[C@@H](O)c2ncnc(N3CCN(C(=O)[C@H](CCCCC(=O)O)c4ccc(Cl)cc4)CC3)c21.Cc1ncsc1-c1ccc(CNC(=O)[C@@H]2C[C@@H](O)CN2C(=O)[C@@H](CC(=O)COCCOCCN)C(C)(C)C)cc1.Cc1ncsc1-c1ccc(CNC(=O)[C@@H]2C[C@@H](O)CN2C(=O)[C@@H](NC(=O)COCCOCCCC(=O)CCCC[C@@H](C(=O)N2CCN(c3ncnc4c3[C@H](C)C[C@H]4O)CC2)c2ccc(Cl)cc2)C(C)(C)C)cc1.Cl. The van der Waals surface area contributed by atoms with Gasteiger partial charge in [0.25, 0.3) is 0 Å². The Morgan fingerprint density at radius 2 is 0.899 bits per heavy atom. The lowest BCUT2D eigenvalue weighted by atomic mass is 9.77. The molecule has 7 amide bonds. The standard InChI is InChI=1S/C54H71ClN8O9S.C29H42N4O6S.C25H31ClN4O4.ClH/c1-34-27-44(66)47-46(34)50(58-32-57-47)61-20-22-62(23-21-61)52(69)42(37-16-18-39(55)19-17-37)11-7-6-9-40(64)10-8-24-71-25-26-72-31-45(67)60-49(54(3,4)5)53(70)63-30-41(65)28-43(63)51(68)56-29-36-12-14-38(15-13-36)48-35(2)59-33-73-48;1-19-26(40-18-32-19)21-7-5-20(6-8-21)15-31-27(36)25-14-22(34)16-33(25)28(37)24(29(2,3)4)13-23(35)17-39-12-11-38-10-9-30;1-16-14-20(31)23-22(16)24(28-15-27-23)29-10-12-30(13-11-29)25(34)19(4-2-3-5-21(32)33)17-6-8-18(26)9-7-17;/h12-19,32-34,41-44,49,65-66H,6-11,20-31H2,1-5H3,(H,56,68)(H,60,67);5-8,18,22,24-25,34H,9-17,30H2,1-4H3,(H,31,36);6-9,15-16,19-20,31H,2-5,10-14H2,1H3,(H,32,33);1H/t34-,41-,42-,43+,44-,49-;22-,24-,25+;16-,19-,20-;/m111./s1. The minimum Gasteiger partial charge on any atom is -0.481 e. The maximum atomic E-state index is 14.1. The van der Waals surface area contributed by atoms with E-state index in [-0.39, 0.29) is 156 Å². The molecule has 2 aliphatic carbocycles. The molecule has 8 aromatic rings. The van der Waals surface area contributed by atoms with Gasteiger partial charge < -0.3 is 95.6 Å². The molecule has 0 unspecified atom stereocenters. The molecule has 8 heterocycles. The van der Waals surface area contributed by atoms with E-state index in [1.165, 1.54) is 22.5 Å². The number of carboxylic acids is 1. The maximum absolute atomic E-state index is 14.1. The van der Waals surface area contributed by atoms with E-state index in [1.807, 2.05) is 149 Å². The van der Waals surface area contributed by atoms with E-state index < -0.39 is 77.1 Å². The lowest BCUT2D eigenvalue weighted by Crippen LogP contribution is -2.58. The van der Waals surface area contributed by atoms with E-state index in [2.05, 4.69) is 69.5 Å². The van der Waals surface area contributed by atoms with Gasteiger partial charge in [0, 0.05) is 157 Å². The third-order valence-electron chi connectivity index (χ3n) is 27.8. The fourth-order valence-corrected chi connectivity index (χ4v) is 21.6. The van der Waals surface area contributed by atoms with E-state index in [1.54, 1.807) is 46.9 Å². The molecule has 4 fully saturated rings. The van der Waals surface area contributed by atoms with Gasteiger partial charge >= 0.3 is 5.97 Å². The molecule has 148 heavy (non-hydrogen) atoms. The number of amides is 7. The summed E-state index contributed by atoms with van der Waals surface area (Å²) in [4.78, 5) is 171. The van der Waals surface area contributed by atoms with Crippen molar-refractivity contribution in [1.29, 1.82) is 0 Å². The molecule has 0 radical (unpaired) electrons. The molecule has 4 aromatic heterocycles. The van der Waals surface area contributed by atoms with Gasteiger partial charge in [-0.25, -0.2) is 29.9 Å². The normalized spacial score (nSPS) is 19.4. The number of aliphatic hydroxyl groups is 4. The summed E-state index contributed by atoms with van der Waals surface area (Å²) < 4.78 is 21.9. The van der Waals surface area contributed by atoms with Gasteiger partial charge in [-0.1, -0.05) is 164 Å².